The smallest absolute Gasteiger partial charge is 0.339 e. The van der Waals surface area contributed by atoms with Crippen LogP contribution in [0.4, 0.5) is 11.4 Å². The van der Waals surface area contributed by atoms with E-state index in [1.54, 1.807) is 0 Å². The zero-order chi connectivity index (χ0) is 17.2. The predicted octanol–water partition coefficient (Wildman–Crippen LogP) is 2.58. The molecule has 0 unspecified atom stereocenters. The molecule has 0 aliphatic carbocycles. The molecule has 0 bridgehead atoms. The van der Waals surface area contributed by atoms with Crippen molar-refractivity contribution in [3.8, 4) is 5.75 Å². The van der Waals surface area contributed by atoms with Gasteiger partial charge in [-0.2, -0.15) is 8.42 Å². The van der Waals surface area contributed by atoms with E-state index in [2.05, 4.69) is 0 Å². The lowest BCUT2D eigenvalue weighted by Crippen LogP contribution is -2.11. The summed E-state index contributed by atoms with van der Waals surface area (Å²) in [6.45, 7) is 1.40. The molecule has 0 radical (unpaired) electrons. The maximum Gasteiger partial charge on any atom is 0.339 e. The van der Waals surface area contributed by atoms with E-state index in [0.29, 0.717) is 0 Å². The van der Waals surface area contributed by atoms with Crippen LogP contribution in [-0.4, -0.2) is 18.3 Å². The van der Waals surface area contributed by atoms with E-state index in [0.717, 1.165) is 42.5 Å². The quantitative estimate of drug-likeness (QED) is 0.465. The summed E-state index contributed by atoms with van der Waals surface area (Å²) in [7, 11) is -4.21. The van der Waals surface area contributed by atoms with Gasteiger partial charge in [-0.25, -0.2) is 0 Å². The molecule has 2 aromatic rings. The Kier molecular flexibility index (Phi) is 4.27. The van der Waals surface area contributed by atoms with Crippen molar-refractivity contribution < 1.29 is 22.4 Å². The van der Waals surface area contributed by atoms with E-state index in [4.69, 9.17) is 4.18 Å². The third-order valence-corrected chi connectivity index (χ3v) is 4.30. The average Bonchev–Trinajstić information content (AvgIpc) is 2.46. The van der Waals surface area contributed by atoms with Gasteiger partial charge in [0.1, 0.15) is 10.6 Å². The Balaban J connectivity index is 2.31. The zero-order valence-corrected chi connectivity index (χ0v) is 12.5. The molecule has 0 aliphatic heterocycles. The molecule has 0 aromatic heterocycles. The first-order chi connectivity index (χ1) is 10.7. The fourth-order valence-electron chi connectivity index (χ4n) is 1.82. The second-order valence-electron chi connectivity index (χ2n) is 4.50. The van der Waals surface area contributed by atoms with E-state index in [-0.39, 0.29) is 27.6 Å². The topological polar surface area (TPSA) is 130 Å². The summed E-state index contributed by atoms with van der Waals surface area (Å²) in [5, 5.41) is 21.2. The number of aryl methyl sites for hydroxylation is 1. The molecule has 120 valence electrons. The van der Waals surface area contributed by atoms with Gasteiger partial charge in [-0.3, -0.25) is 20.2 Å². The van der Waals surface area contributed by atoms with Crippen LogP contribution in [0.1, 0.15) is 5.56 Å². The monoisotopic (exact) mass is 338 g/mol. The van der Waals surface area contributed by atoms with E-state index in [9.17, 15) is 28.6 Å². The van der Waals surface area contributed by atoms with Crippen molar-refractivity contribution in [3.05, 3.63) is 68.3 Å². The van der Waals surface area contributed by atoms with Crippen LogP contribution in [0.15, 0.2) is 47.4 Å². The molecule has 0 atom stereocenters. The molecule has 0 N–H and O–H groups in total. The first-order valence-corrected chi connectivity index (χ1v) is 7.55. The highest BCUT2D eigenvalue weighted by Crippen LogP contribution is 2.25. The highest BCUT2D eigenvalue weighted by atomic mass is 32.2. The third-order valence-electron chi connectivity index (χ3n) is 2.89. The second kappa shape index (κ2) is 6.01. The number of hydrogen-bond acceptors (Lipinski definition) is 7. The van der Waals surface area contributed by atoms with Gasteiger partial charge in [0.15, 0.2) is 0 Å². The molecule has 0 fully saturated rings. The van der Waals surface area contributed by atoms with Gasteiger partial charge in [0.05, 0.1) is 9.85 Å². The summed E-state index contributed by atoms with van der Waals surface area (Å²) in [6.07, 6.45) is 0. The van der Waals surface area contributed by atoms with Crippen molar-refractivity contribution in [2.24, 2.45) is 0 Å². The molecule has 0 aliphatic rings. The van der Waals surface area contributed by atoms with E-state index >= 15 is 0 Å². The van der Waals surface area contributed by atoms with Crippen molar-refractivity contribution >= 4 is 21.5 Å². The molecule has 2 rings (SSSR count). The van der Waals surface area contributed by atoms with Crippen molar-refractivity contribution in [2.45, 2.75) is 11.8 Å². The Morgan fingerprint density at radius 3 is 1.91 bits per heavy atom. The zero-order valence-electron chi connectivity index (χ0n) is 11.7. The number of benzene rings is 2. The van der Waals surface area contributed by atoms with Gasteiger partial charge in [0.2, 0.25) is 0 Å². The Morgan fingerprint density at radius 2 is 1.43 bits per heavy atom. The first kappa shape index (κ1) is 16.4. The van der Waals surface area contributed by atoms with Gasteiger partial charge in [-0.1, -0.05) is 0 Å². The molecule has 0 saturated heterocycles. The molecule has 0 spiro atoms. The molecule has 0 saturated carbocycles. The van der Waals surface area contributed by atoms with Crippen molar-refractivity contribution in [1.82, 2.24) is 0 Å². The van der Waals surface area contributed by atoms with Gasteiger partial charge in [0.25, 0.3) is 11.4 Å². The fourth-order valence-corrected chi connectivity index (χ4v) is 2.96. The van der Waals surface area contributed by atoms with Crippen LogP contribution < -0.4 is 4.18 Å². The van der Waals surface area contributed by atoms with Crippen LogP contribution >= 0.6 is 0 Å². The van der Waals surface area contributed by atoms with E-state index in [1.807, 2.05) is 0 Å². The van der Waals surface area contributed by atoms with E-state index < -0.39 is 20.0 Å². The Hall–Kier alpha value is -3.01. The maximum absolute atomic E-state index is 12.2. The summed E-state index contributed by atoms with van der Waals surface area (Å²) >= 11 is 0. The highest BCUT2D eigenvalue weighted by molar-refractivity contribution is 7.87. The summed E-state index contributed by atoms with van der Waals surface area (Å²) in [5.74, 6) is -0.103. The van der Waals surface area contributed by atoms with Crippen LogP contribution in [0.2, 0.25) is 0 Å². The Morgan fingerprint density at radius 1 is 0.913 bits per heavy atom. The van der Waals surface area contributed by atoms with Crippen molar-refractivity contribution in [3.63, 3.8) is 0 Å². The standard InChI is InChI=1S/C13H10N2O7S/c1-9-8-11(15(18)19)4-7-13(9)23(20,21)22-12-5-2-10(3-6-12)14(16)17/h2-8H,1H3. The maximum atomic E-state index is 12.2. The SMILES string of the molecule is Cc1cc([N+](=O)[O-])ccc1S(=O)(=O)Oc1ccc([N+](=O)[O-])cc1. The van der Waals surface area contributed by atoms with Crippen LogP contribution in [0.5, 0.6) is 5.75 Å². The number of hydrogen-bond donors (Lipinski definition) is 0. The van der Waals surface area contributed by atoms with Gasteiger partial charge in [-0.15, -0.1) is 0 Å². The number of nitro benzene ring substituents is 2. The van der Waals surface area contributed by atoms with Crippen LogP contribution in [0, 0.1) is 27.2 Å². The first-order valence-electron chi connectivity index (χ1n) is 6.15. The molecule has 2 aromatic carbocycles. The lowest BCUT2D eigenvalue weighted by Gasteiger charge is -2.09. The Bertz CT molecular complexity index is 876. The minimum absolute atomic E-state index is 0.103. The van der Waals surface area contributed by atoms with Crippen LogP contribution in [-0.2, 0) is 10.1 Å². The number of nitro groups is 2. The minimum Gasteiger partial charge on any atom is -0.379 e. The normalized spacial score (nSPS) is 11.0. The fraction of sp³-hybridized carbons (Fsp3) is 0.0769. The minimum atomic E-state index is -4.21. The number of rotatable bonds is 5. The van der Waals surface area contributed by atoms with Crippen LogP contribution in [0.3, 0.4) is 0 Å². The van der Waals surface area contributed by atoms with Gasteiger partial charge in [-0.05, 0) is 30.7 Å². The van der Waals surface area contributed by atoms with Crippen molar-refractivity contribution in [2.75, 3.05) is 0 Å². The molecular weight excluding hydrogens is 328 g/mol. The van der Waals surface area contributed by atoms with Crippen molar-refractivity contribution in [1.29, 1.82) is 0 Å². The highest BCUT2D eigenvalue weighted by Gasteiger charge is 2.21. The molecule has 23 heavy (non-hydrogen) atoms. The molecule has 0 amide bonds. The summed E-state index contributed by atoms with van der Waals surface area (Å²) < 4.78 is 29.3. The second-order valence-corrected chi connectivity index (χ2v) is 6.01. The third kappa shape index (κ3) is 3.61. The van der Waals surface area contributed by atoms with E-state index in [1.165, 1.54) is 6.92 Å². The predicted molar refractivity (Wildman–Crippen MR) is 78.7 cm³/mol. The molecule has 9 nitrogen and oxygen atoms in total. The largest absolute Gasteiger partial charge is 0.379 e. The van der Waals surface area contributed by atoms with Crippen LogP contribution in [0.25, 0.3) is 0 Å². The summed E-state index contributed by atoms with van der Waals surface area (Å²) in [4.78, 5) is 19.7. The molecule has 10 heteroatoms. The van der Waals surface area contributed by atoms with Gasteiger partial charge < -0.3 is 4.18 Å². The Labute approximate surface area is 130 Å². The lowest BCUT2D eigenvalue weighted by molar-refractivity contribution is -0.385. The lowest BCUT2D eigenvalue weighted by atomic mass is 10.2. The van der Waals surface area contributed by atoms with Gasteiger partial charge in [0, 0.05) is 24.3 Å². The average molecular weight is 338 g/mol. The number of nitrogens with zero attached hydrogens (tertiary/aromatic N) is 2. The van der Waals surface area contributed by atoms with Gasteiger partial charge >= 0.3 is 10.1 Å². The molecule has 0 heterocycles. The summed E-state index contributed by atoms with van der Waals surface area (Å²) in [6, 6.07) is 7.76. The molecular formula is C13H10N2O7S. The number of non-ortho nitro benzene ring substituents is 2. The summed E-state index contributed by atoms with van der Waals surface area (Å²) in [5.41, 5.74) is -0.292.